The van der Waals surface area contributed by atoms with Crippen LogP contribution in [-0.4, -0.2) is 44.5 Å². The average molecular weight is 698 g/mol. The second-order valence-corrected chi connectivity index (χ2v) is 14.8. The van der Waals surface area contributed by atoms with E-state index in [1.54, 1.807) is 0 Å². The Bertz CT molecular complexity index is 2550. The van der Waals surface area contributed by atoms with Crippen molar-refractivity contribution in [2.75, 3.05) is 13.6 Å². The fourth-order valence-electron chi connectivity index (χ4n) is 8.12. The number of nitrogens with one attached hydrogen (secondary N) is 2. The molecule has 1 saturated heterocycles. The van der Waals surface area contributed by atoms with Crippen molar-refractivity contribution in [2.45, 2.75) is 31.7 Å². The molecule has 2 atom stereocenters. The first-order valence-corrected chi connectivity index (χ1v) is 18.5. The molecule has 8 nitrogen and oxygen atoms in total. The zero-order chi connectivity index (χ0) is 36.2. The summed E-state index contributed by atoms with van der Waals surface area (Å²) in [6, 6.07) is 22.4. The smallest absolute Gasteiger partial charge is 0.169 e. The number of piperidine rings is 1. The number of rotatable bonds is 4. The molecular weight excluding hydrogens is 653 g/mol. The van der Waals surface area contributed by atoms with Crippen molar-refractivity contribution in [3.63, 3.8) is 0 Å². The van der Waals surface area contributed by atoms with Gasteiger partial charge in [-0.15, -0.1) is 0 Å². The van der Waals surface area contributed by atoms with Crippen LogP contribution in [0.1, 0.15) is 54.0 Å². The Morgan fingerprint density at radius 2 is 0.925 bits per heavy atom. The van der Waals surface area contributed by atoms with E-state index in [1.807, 2.05) is 7.05 Å². The number of aryl methyl sites for hydroxylation is 3. The largest absolute Gasteiger partial charge is 0.355 e. The lowest BCUT2D eigenvalue weighted by atomic mass is 9.85. The maximum atomic E-state index is 5.51. The Morgan fingerprint density at radius 3 is 1.36 bits per heavy atom. The van der Waals surface area contributed by atoms with Gasteiger partial charge >= 0.3 is 0 Å². The number of nitrogens with zero attached hydrogens (tertiary/aromatic N) is 6. The monoisotopic (exact) mass is 697 g/mol. The molecule has 0 spiro atoms. The highest BCUT2D eigenvalue weighted by Crippen LogP contribution is 2.39. The summed E-state index contributed by atoms with van der Waals surface area (Å²) in [5.74, 6) is 0.360. The third-order valence-electron chi connectivity index (χ3n) is 11.2. The Morgan fingerprint density at radius 1 is 0.547 bits per heavy atom. The topological polar surface area (TPSA) is 72.2 Å². The van der Waals surface area contributed by atoms with Gasteiger partial charge in [-0.25, -0.2) is 23.7 Å². The van der Waals surface area contributed by atoms with Crippen LogP contribution in [0.3, 0.4) is 0 Å². The number of aromatic amines is 2. The molecule has 0 radical (unpaired) electrons. The van der Waals surface area contributed by atoms with Crippen LogP contribution in [0.4, 0.5) is 0 Å². The molecule has 1 fully saturated rings. The van der Waals surface area contributed by atoms with Crippen molar-refractivity contribution in [1.29, 1.82) is 0 Å². The first-order valence-electron chi connectivity index (χ1n) is 18.5. The van der Waals surface area contributed by atoms with E-state index in [4.69, 9.17) is 9.97 Å². The minimum atomic E-state index is 0.360. The van der Waals surface area contributed by atoms with Crippen molar-refractivity contribution in [3.8, 4) is 33.4 Å². The Hall–Kier alpha value is -5.99. The molecule has 53 heavy (non-hydrogen) atoms. The van der Waals surface area contributed by atoms with Crippen molar-refractivity contribution < 1.29 is 13.7 Å². The summed E-state index contributed by atoms with van der Waals surface area (Å²) in [5.41, 5.74) is 15.7. The predicted molar refractivity (Wildman–Crippen MR) is 213 cm³/mol. The van der Waals surface area contributed by atoms with Gasteiger partial charge in [0.15, 0.2) is 37.2 Å². The molecule has 0 aliphatic carbocycles. The fourth-order valence-corrected chi connectivity index (χ4v) is 8.12. The van der Waals surface area contributed by atoms with E-state index >= 15 is 0 Å². The Balaban J connectivity index is 1.43. The minimum Gasteiger partial charge on any atom is -0.355 e. The predicted octanol–water partition coefficient (Wildman–Crippen LogP) is 7.33. The van der Waals surface area contributed by atoms with Crippen LogP contribution < -0.4 is 13.7 Å². The van der Waals surface area contributed by atoms with Gasteiger partial charge in [-0.3, -0.25) is 0 Å². The van der Waals surface area contributed by atoms with Crippen molar-refractivity contribution in [2.24, 2.45) is 21.1 Å². The summed E-state index contributed by atoms with van der Waals surface area (Å²) in [5, 5.41) is 0. The van der Waals surface area contributed by atoms with Gasteiger partial charge in [-0.1, -0.05) is 0 Å². The summed E-state index contributed by atoms with van der Waals surface area (Å²) < 4.78 is 6.20. The summed E-state index contributed by atoms with van der Waals surface area (Å²) in [7, 11) is 8.39. The lowest BCUT2D eigenvalue weighted by molar-refractivity contribution is -0.671. The first kappa shape index (κ1) is 32.9. The summed E-state index contributed by atoms with van der Waals surface area (Å²) in [6.45, 7) is 3.40. The van der Waals surface area contributed by atoms with E-state index in [9.17, 15) is 0 Å². The first-order chi connectivity index (χ1) is 25.8. The highest BCUT2D eigenvalue weighted by atomic mass is 15.1. The fraction of sp³-hybridized carbons (Fsp3) is 0.222. The van der Waals surface area contributed by atoms with Gasteiger partial charge in [0.05, 0.1) is 22.8 Å². The molecule has 8 bridgehead atoms. The standard InChI is InChI=1S/C45H44N8/c1-29-28-33(20-27-53(29)5)45-40-12-10-38(48-40)43(31-16-23-51(3)24-17-31)36-8-6-34(46-36)42(30-14-21-50(2)22-15-30)35-7-9-37(47-35)44(39-11-13-41(45)49-39)32-18-25-52(4)26-19-32/h6-19,21-26,29,33H,20,27-28H2,1-5H3,(H,46,47,48,49)/q+2/p+1. The molecular formula is C45H45N8+3. The molecule has 9 rings (SSSR count). The zero-order valence-corrected chi connectivity index (χ0v) is 31.0. The summed E-state index contributed by atoms with van der Waals surface area (Å²) >= 11 is 0. The average Bonchev–Trinajstić information content (AvgIpc) is 4.00. The maximum absolute atomic E-state index is 5.51. The normalized spacial score (nSPS) is 17.1. The molecule has 6 aromatic rings. The highest BCUT2D eigenvalue weighted by molar-refractivity contribution is 5.97. The van der Waals surface area contributed by atoms with Gasteiger partial charge in [0.25, 0.3) is 0 Å². The zero-order valence-electron chi connectivity index (χ0n) is 31.0. The third kappa shape index (κ3) is 6.09. The van der Waals surface area contributed by atoms with Crippen LogP contribution in [0, 0.1) is 0 Å². The van der Waals surface area contributed by atoms with E-state index in [2.05, 4.69) is 179 Å². The second-order valence-electron chi connectivity index (χ2n) is 14.8. The Kier molecular flexibility index (Phi) is 8.19. The molecule has 9 heterocycles. The summed E-state index contributed by atoms with van der Waals surface area (Å²) in [6.07, 6.45) is 23.5. The van der Waals surface area contributed by atoms with Gasteiger partial charge < -0.3 is 14.9 Å². The van der Waals surface area contributed by atoms with Crippen molar-refractivity contribution in [3.05, 3.63) is 126 Å². The van der Waals surface area contributed by atoms with E-state index in [1.165, 1.54) is 5.56 Å². The Labute approximate surface area is 310 Å². The van der Waals surface area contributed by atoms with Crippen LogP contribution in [0.5, 0.6) is 0 Å². The number of hydrogen-bond acceptors (Lipinski definition) is 3. The number of pyridine rings is 3. The second kappa shape index (κ2) is 13.2. The maximum Gasteiger partial charge on any atom is 0.169 e. The van der Waals surface area contributed by atoms with E-state index in [-0.39, 0.29) is 0 Å². The molecule has 8 heteroatoms. The molecule has 6 aromatic heterocycles. The number of likely N-dealkylation sites (tertiary alicyclic amines) is 1. The van der Waals surface area contributed by atoms with E-state index in [0.717, 1.165) is 97.6 Å². The van der Waals surface area contributed by atoms with Crippen LogP contribution in [-0.2, 0) is 21.1 Å². The van der Waals surface area contributed by atoms with Gasteiger partial charge in [-0.05, 0) is 105 Å². The van der Waals surface area contributed by atoms with Crippen LogP contribution in [0.2, 0.25) is 0 Å². The number of aromatic nitrogens is 7. The van der Waals surface area contributed by atoms with Gasteiger partial charge in [0.2, 0.25) is 0 Å². The van der Waals surface area contributed by atoms with Crippen LogP contribution in [0.15, 0.2) is 97.8 Å². The molecule has 0 amide bonds. The third-order valence-corrected chi connectivity index (χ3v) is 11.2. The van der Waals surface area contributed by atoms with Crippen molar-refractivity contribution >= 4 is 46.4 Å². The number of H-pyrrole nitrogens is 2. The van der Waals surface area contributed by atoms with E-state index < -0.39 is 0 Å². The highest BCUT2D eigenvalue weighted by Gasteiger charge is 2.28. The number of fused-ring (bicyclic) bond motifs is 8. The van der Waals surface area contributed by atoms with Crippen LogP contribution >= 0.6 is 0 Å². The lowest BCUT2D eigenvalue weighted by Gasteiger charge is -2.35. The van der Waals surface area contributed by atoms with E-state index in [0.29, 0.717) is 12.0 Å². The van der Waals surface area contributed by atoms with Gasteiger partial charge in [0, 0.05) is 86.8 Å². The number of hydrogen-bond donors (Lipinski definition) is 2. The van der Waals surface area contributed by atoms with Crippen LogP contribution in [0.25, 0.3) is 79.8 Å². The molecule has 0 aromatic carbocycles. The quantitative estimate of drug-likeness (QED) is 0.189. The molecule has 3 aliphatic rings. The lowest BCUT2D eigenvalue weighted by Crippen LogP contribution is -2.37. The molecule has 262 valence electrons. The van der Waals surface area contributed by atoms with Gasteiger partial charge in [-0.2, -0.15) is 0 Å². The SMILES string of the molecule is CC1CC(c2c3nc(c(-c4cc[n+](C)cc4)c4ccc([nH]4)c(-c4cc[n+](C)cc4)c4nc(c(-c5cc[n+](C)cc5)c5ccc2[nH]5)C=C4)C=C3)CCN1C. The minimum absolute atomic E-state index is 0.360. The van der Waals surface area contributed by atoms with Gasteiger partial charge in [0.1, 0.15) is 21.1 Å². The molecule has 2 N–H and O–H groups in total. The molecule has 3 aliphatic heterocycles. The molecule has 2 unspecified atom stereocenters. The van der Waals surface area contributed by atoms with Crippen molar-refractivity contribution in [1.82, 2.24) is 24.8 Å². The summed E-state index contributed by atoms with van der Waals surface area (Å²) in [4.78, 5) is 21.2. The molecule has 0 saturated carbocycles.